The maximum absolute atomic E-state index is 13.4. The van der Waals surface area contributed by atoms with E-state index in [-0.39, 0.29) is 16.7 Å². The minimum Gasteiger partial charge on any atom is -0.468 e. The van der Waals surface area contributed by atoms with Gasteiger partial charge in [-0.25, -0.2) is 8.78 Å². The van der Waals surface area contributed by atoms with Gasteiger partial charge >= 0.3 is 0 Å². The summed E-state index contributed by atoms with van der Waals surface area (Å²) in [5, 5.41) is -0.221. The standard InChI is InChI=1S/C12H11F2NOS/c13-8-3-4-9(14)11(6-8)17-12(7-15)10-2-1-5-16-10/h1-6,12H,7,15H2. The summed E-state index contributed by atoms with van der Waals surface area (Å²) in [4.78, 5) is 0.233. The monoisotopic (exact) mass is 255 g/mol. The summed E-state index contributed by atoms with van der Waals surface area (Å²) in [5.41, 5.74) is 5.60. The highest BCUT2D eigenvalue weighted by atomic mass is 32.2. The fourth-order valence-electron chi connectivity index (χ4n) is 1.42. The lowest BCUT2D eigenvalue weighted by molar-refractivity contribution is 0.506. The van der Waals surface area contributed by atoms with Crippen LogP contribution in [0.3, 0.4) is 0 Å². The highest BCUT2D eigenvalue weighted by Crippen LogP contribution is 2.36. The molecule has 2 aromatic rings. The molecule has 1 aromatic carbocycles. The number of furan rings is 1. The van der Waals surface area contributed by atoms with Crippen LogP contribution in [0.2, 0.25) is 0 Å². The van der Waals surface area contributed by atoms with Gasteiger partial charge in [0.25, 0.3) is 0 Å². The molecule has 90 valence electrons. The number of rotatable bonds is 4. The van der Waals surface area contributed by atoms with Crippen molar-refractivity contribution in [2.75, 3.05) is 6.54 Å². The first-order chi connectivity index (χ1) is 8.20. The van der Waals surface area contributed by atoms with E-state index in [1.807, 2.05) is 0 Å². The molecule has 0 aliphatic rings. The van der Waals surface area contributed by atoms with E-state index in [9.17, 15) is 8.78 Å². The van der Waals surface area contributed by atoms with Crippen molar-refractivity contribution in [1.82, 2.24) is 0 Å². The molecule has 1 heterocycles. The number of hydrogen-bond acceptors (Lipinski definition) is 3. The van der Waals surface area contributed by atoms with Gasteiger partial charge in [0, 0.05) is 11.4 Å². The summed E-state index contributed by atoms with van der Waals surface area (Å²) in [7, 11) is 0. The van der Waals surface area contributed by atoms with Crippen molar-refractivity contribution in [1.29, 1.82) is 0 Å². The smallest absolute Gasteiger partial charge is 0.136 e. The van der Waals surface area contributed by atoms with Gasteiger partial charge in [-0.2, -0.15) is 0 Å². The molecular weight excluding hydrogens is 244 g/mol. The number of nitrogens with two attached hydrogens (primary N) is 1. The molecule has 17 heavy (non-hydrogen) atoms. The van der Waals surface area contributed by atoms with Crippen molar-refractivity contribution in [3.05, 3.63) is 54.0 Å². The topological polar surface area (TPSA) is 39.2 Å². The third kappa shape index (κ3) is 2.87. The summed E-state index contributed by atoms with van der Waals surface area (Å²) in [6, 6.07) is 6.85. The van der Waals surface area contributed by atoms with E-state index in [1.165, 1.54) is 6.26 Å². The first-order valence-electron chi connectivity index (χ1n) is 5.06. The normalized spacial score (nSPS) is 12.6. The Hall–Kier alpha value is -1.33. The lowest BCUT2D eigenvalue weighted by Gasteiger charge is -2.12. The molecule has 5 heteroatoms. The molecule has 0 saturated carbocycles. The molecule has 1 unspecified atom stereocenters. The molecule has 0 fully saturated rings. The zero-order valence-electron chi connectivity index (χ0n) is 8.90. The van der Waals surface area contributed by atoms with Gasteiger partial charge in [0.15, 0.2) is 0 Å². The molecule has 1 atom stereocenters. The maximum atomic E-state index is 13.4. The van der Waals surface area contributed by atoms with E-state index in [4.69, 9.17) is 10.2 Å². The zero-order chi connectivity index (χ0) is 12.3. The van der Waals surface area contributed by atoms with E-state index < -0.39 is 11.6 Å². The Kier molecular flexibility index (Phi) is 3.81. The van der Waals surface area contributed by atoms with Crippen LogP contribution >= 0.6 is 11.8 Å². The van der Waals surface area contributed by atoms with Gasteiger partial charge in [0.1, 0.15) is 17.4 Å². The Bertz CT molecular complexity index is 487. The molecule has 0 aliphatic heterocycles. The average molecular weight is 255 g/mol. The number of thioether (sulfide) groups is 1. The second kappa shape index (κ2) is 5.33. The highest BCUT2D eigenvalue weighted by molar-refractivity contribution is 7.99. The van der Waals surface area contributed by atoms with Gasteiger partial charge in [-0.05, 0) is 30.3 Å². The predicted octanol–water partition coefficient (Wildman–Crippen LogP) is 3.35. The Labute approximate surface area is 102 Å². The first-order valence-corrected chi connectivity index (χ1v) is 5.94. The third-order valence-corrected chi connectivity index (χ3v) is 3.51. The highest BCUT2D eigenvalue weighted by Gasteiger charge is 2.16. The average Bonchev–Trinajstić information content (AvgIpc) is 2.84. The van der Waals surface area contributed by atoms with Crippen molar-refractivity contribution in [3.63, 3.8) is 0 Å². The minimum atomic E-state index is -0.468. The van der Waals surface area contributed by atoms with Crippen LogP contribution in [0.4, 0.5) is 8.78 Å². The number of hydrogen-bond donors (Lipinski definition) is 1. The first kappa shape index (κ1) is 12.1. The second-order valence-electron chi connectivity index (χ2n) is 3.43. The summed E-state index contributed by atoms with van der Waals surface area (Å²) >= 11 is 1.15. The molecule has 0 spiro atoms. The lowest BCUT2D eigenvalue weighted by Crippen LogP contribution is -2.08. The summed E-state index contributed by atoms with van der Waals surface area (Å²) in [6.45, 7) is 0.286. The van der Waals surface area contributed by atoms with Crippen molar-refractivity contribution < 1.29 is 13.2 Å². The molecular formula is C12H11F2NOS. The number of benzene rings is 1. The van der Waals surface area contributed by atoms with Gasteiger partial charge < -0.3 is 10.2 Å². The molecule has 0 aliphatic carbocycles. The van der Waals surface area contributed by atoms with Crippen molar-refractivity contribution >= 4 is 11.8 Å². The zero-order valence-corrected chi connectivity index (χ0v) is 9.71. The van der Waals surface area contributed by atoms with Crippen molar-refractivity contribution in [2.45, 2.75) is 10.1 Å². The molecule has 2 N–H and O–H groups in total. The fraction of sp³-hybridized carbons (Fsp3) is 0.167. The van der Waals surface area contributed by atoms with Crippen molar-refractivity contribution in [2.24, 2.45) is 5.73 Å². The van der Waals surface area contributed by atoms with Crippen LogP contribution in [0.25, 0.3) is 0 Å². The van der Waals surface area contributed by atoms with Crippen LogP contribution in [0.15, 0.2) is 45.9 Å². The quantitative estimate of drug-likeness (QED) is 0.851. The SMILES string of the molecule is NCC(Sc1cc(F)ccc1F)c1ccco1. The van der Waals surface area contributed by atoms with Gasteiger partial charge in [0.05, 0.1) is 11.5 Å². The molecule has 0 radical (unpaired) electrons. The van der Waals surface area contributed by atoms with Crippen LogP contribution in [-0.2, 0) is 0 Å². The van der Waals surface area contributed by atoms with Crippen LogP contribution in [0, 0.1) is 11.6 Å². The Morgan fingerprint density at radius 3 is 2.76 bits per heavy atom. The second-order valence-corrected chi connectivity index (χ2v) is 4.68. The largest absolute Gasteiger partial charge is 0.468 e. The van der Waals surface area contributed by atoms with E-state index in [0.717, 1.165) is 30.0 Å². The minimum absolute atomic E-state index is 0.221. The van der Waals surface area contributed by atoms with E-state index in [2.05, 4.69) is 0 Å². The van der Waals surface area contributed by atoms with Crippen LogP contribution < -0.4 is 5.73 Å². The maximum Gasteiger partial charge on any atom is 0.136 e. The van der Waals surface area contributed by atoms with Crippen LogP contribution in [0.1, 0.15) is 11.0 Å². The Morgan fingerprint density at radius 1 is 1.29 bits per heavy atom. The molecule has 1 aromatic heterocycles. The Balaban J connectivity index is 2.21. The molecule has 0 amide bonds. The molecule has 2 rings (SSSR count). The third-order valence-electron chi connectivity index (χ3n) is 2.24. The lowest BCUT2D eigenvalue weighted by atomic mass is 10.3. The summed E-state index contributed by atoms with van der Waals surface area (Å²) in [5.74, 6) is -0.272. The van der Waals surface area contributed by atoms with Gasteiger partial charge in [-0.3, -0.25) is 0 Å². The van der Waals surface area contributed by atoms with Gasteiger partial charge in [-0.15, -0.1) is 11.8 Å². The van der Waals surface area contributed by atoms with E-state index in [1.54, 1.807) is 12.1 Å². The molecule has 0 saturated heterocycles. The van der Waals surface area contributed by atoms with Gasteiger partial charge in [-0.1, -0.05) is 0 Å². The summed E-state index contributed by atoms with van der Waals surface area (Å²) in [6.07, 6.45) is 1.53. The van der Waals surface area contributed by atoms with E-state index in [0.29, 0.717) is 5.76 Å². The molecule has 0 bridgehead atoms. The van der Waals surface area contributed by atoms with Gasteiger partial charge in [0.2, 0.25) is 0 Å². The Morgan fingerprint density at radius 2 is 2.12 bits per heavy atom. The number of halogens is 2. The van der Waals surface area contributed by atoms with Crippen molar-refractivity contribution in [3.8, 4) is 0 Å². The molecule has 2 nitrogen and oxygen atoms in total. The van der Waals surface area contributed by atoms with Crippen LogP contribution in [0.5, 0.6) is 0 Å². The van der Waals surface area contributed by atoms with Crippen LogP contribution in [-0.4, -0.2) is 6.54 Å². The predicted molar refractivity (Wildman–Crippen MR) is 62.7 cm³/mol. The van der Waals surface area contributed by atoms with E-state index >= 15 is 0 Å². The fourth-order valence-corrected chi connectivity index (χ4v) is 2.43. The summed E-state index contributed by atoms with van der Waals surface area (Å²) < 4.78 is 31.7.